The molecule has 0 heterocycles. The second-order valence-electron chi connectivity index (χ2n) is 10.5. The highest BCUT2D eigenvalue weighted by atomic mass is 14.2. The first kappa shape index (κ1) is 17.7. The number of hydrogen-bond donors (Lipinski definition) is 0. The van der Waals surface area contributed by atoms with Gasteiger partial charge in [0.1, 0.15) is 0 Å². The Kier molecular flexibility index (Phi) is 2.83. The Morgan fingerprint density at radius 2 is 0.667 bits per heavy atom. The van der Waals surface area contributed by atoms with Gasteiger partial charge >= 0.3 is 0 Å². The Morgan fingerprint density at radius 3 is 1.28 bits per heavy atom. The van der Waals surface area contributed by atoms with Crippen LogP contribution in [0.1, 0.15) is 0 Å². The summed E-state index contributed by atoms with van der Waals surface area (Å²) in [6.07, 6.45) is 0. The van der Waals surface area contributed by atoms with E-state index < -0.39 is 0 Å². The average Bonchev–Trinajstić information content (AvgIpc) is 2.94. The summed E-state index contributed by atoms with van der Waals surface area (Å²) >= 11 is 0. The summed E-state index contributed by atoms with van der Waals surface area (Å²) in [7, 11) is 0. The monoisotopic (exact) mass is 450 g/mol. The maximum atomic E-state index is 2.46. The van der Waals surface area contributed by atoms with Gasteiger partial charge in [-0.25, -0.2) is 0 Å². The van der Waals surface area contributed by atoms with Crippen LogP contribution >= 0.6 is 0 Å². The molecule has 0 N–H and O–H groups in total. The molecular formula is C36H18. The van der Waals surface area contributed by atoms with Gasteiger partial charge in [-0.05, 0) is 109 Å². The molecule has 0 aliphatic rings. The molecule has 162 valence electrons. The molecule has 0 saturated heterocycles. The van der Waals surface area contributed by atoms with Crippen LogP contribution in [0, 0.1) is 0 Å². The first-order valence-corrected chi connectivity index (χ1v) is 12.7. The van der Waals surface area contributed by atoms with Crippen LogP contribution in [0.3, 0.4) is 0 Å². The topological polar surface area (TPSA) is 0 Å². The van der Waals surface area contributed by atoms with E-state index in [-0.39, 0.29) is 0 Å². The van der Waals surface area contributed by atoms with E-state index in [9.17, 15) is 0 Å². The van der Waals surface area contributed by atoms with Crippen molar-refractivity contribution in [3.63, 3.8) is 0 Å². The van der Waals surface area contributed by atoms with Crippen molar-refractivity contribution >= 4 is 97.0 Å². The van der Waals surface area contributed by atoms with Gasteiger partial charge in [-0.1, -0.05) is 97.1 Å². The highest BCUT2D eigenvalue weighted by molar-refractivity contribution is 6.48. The lowest BCUT2D eigenvalue weighted by molar-refractivity contribution is 1.79. The minimum Gasteiger partial charge on any atom is -0.0616 e. The summed E-state index contributed by atoms with van der Waals surface area (Å²) in [5.74, 6) is 0. The van der Waals surface area contributed by atoms with Crippen molar-refractivity contribution in [3.8, 4) is 0 Å². The van der Waals surface area contributed by atoms with E-state index in [2.05, 4.69) is 109 Å². The molecule has 0 saturated carbocycles. The van der Waals surface area contributed by atoms with E-state index in [1.54, 1.807) is 0 Å². The van der Waals surface area contributed by atoms with Crippen LogP contribution in [0.15, 0.2) is 109 Å². The van der Waals surface area contributed by atoms with Gasteiger partial charge in [0.2, 0.25) is 0 Å². The summed E-state index contributed by atoms with van der Waals surface area (Å²) in [6, 6.07) is 41.4. The van der Waals surface area contributed by atoms with Crippen LogP contribution in [-0.2, 0) is 0 Å². The maximum absolute atomic E-state index is 2.46. The maximum Gasteiger partial charge on any atom is -0.000740 e. The van der Waals surface area contributed by atoms with Crippen molar-refractivity contribution in [1.29, 1.82) is 0 Å². The molecule has 10 aromatic carbocycles. The van der Waals surface area contributed by atoms with E-state index in [0.717, 1.165) is 0 Å². The molecule has 0 aliphatic carbocycles. The van der Waals surface area contributed by atoms with Crippen LogP contribution < -0.4 is 0 Å². The number of benzene rings is 10. The van der Waals surface area contributed by atoms with Crippen LogP contribution in [0.5, 0.6) is 0 Å². The van der Waals surface area contributed by atoms with Gasteiger partial charge in [-0.3, -0.25) is 0 Å². The fourth-order valence-electron chi connectivity index (χ4n) is 7.33. The first-order chi connectivity index (χ1) is 17.8. The van der Waals surface area contributed by atoms with Crippen LogP contribution in [0.2, 0.25) is 0 Å². The second kappa shape index (κ2) is 5.75. The average molecular weight is 451 g/mol. The standard InChI is InChI=1S/C36H18/c1-2-4-25-19(3-1)5-12-24-17-29-26-15-13-22-10-8-20-6-7-21-9-11-23-14-16-27(30(29)18-28(24)25)36-34(23)32(21)31(20)33(22)35(26)36/h1-18H. The van der Waals surface area contributed by atoms with E-state index in [1.807, 2.05) is 0 Å². The summed E-state index contributed by atoms with van der Waals surface area (Å²) in [5, 5.41) is 24.6. The fourth-order valence-corrected chi connectivity index (χ4v) is 7.33. The van der Waals surface area contributed by atoms with E-state index in [0.29, 0.717) is 0 Å². The molecule has 10 rings (SSSR count). The zero-order valence-corrected chi connectivity index (χ0v) is 19.4. The molecule has 0 amide bonds. The van der Waals surface area contributed by atoms with Gasteiger partial charge in [0, 0.05) is 0 Å². The molecule has 10 aromatic rings. The first-order valence-electron chi connectivity index (χ1n) is 12.7. The Bertz CT molecular complexity index is 2500. The molecule has 0 aliphatic heterocycles. The summed E-state index contributed by atoms with van der Waals surface area (Å²) < 4.78 is 0. The van der Waals surface area contributed by atoms with Crippen molar-refractivity contribution in [2.45, 2.75) is 0 Å². The molecule has 0 radical (unpaired) electrons. The van der Waals surface area contributed by atoms with E-state index >= 15 is 0 Å². The van der Waals surface area contributed by atoms with Crippen LogP contribution in [0.25, 0.3) is 97.0 Å². The van der Waals surface area contributed by atoms with E-state index in [4.69, 9.17) is 0 Å². The fraction of sp³-hybridized carbons (Fsp3) is 0. The second-order valence-corrected chi connectivity index (χ2v) is 10.5. The lowest BCUT2D eigenvalue weighted by atomic mass is 9.80. The normalized spacial score (nSPS) is 13.0. The number of rotatable bonds is 0. The quantitative estimate of drug-likeness (QED) is 0.159. The predicted molar refractivity (Wildman–Crippen MR) is 158 cm³/mol. The van der Waals surface area contributed by atoms with Gasteiger partial charge < -0.3 is 0 Å². The smallest absolute Gasteiger partial charge is 0.000740 e. The van der Waals surface area contributed by atoms with Crippen molar-refractivity contribution in [1.82, 2.24) is 0 Å². The van der Waals surface area contributed by atoms with E-state index in [1.165, 1.54) is 97.0 Å². The van der Waals surface area contributed by atoms with Crippen molar-refractivity contribution in [3.05, 3.63) is 109 Å². The predicted octanol–water partition coefficient (Wildman–Crippen LogP) is 10.4. The Labute approximate surface area is 206 Å². The lowest BCUT2D eigenvalue weighted by Crippen LogP contribution is -1.93. The molecule has 0 heteroatoms. The molecule has 0 spiro atoms. The zero-order valence-electron chi connectivity index (χ0n) is 19.4. The van der Waals surface area contributed by atoms with Crippen molar-refractivity contribution in [2.24, 2.45) is 0 Å². The van der Waals surface area contributed by atoms with Gasteiger partial charge in [0.25, 0.3) is 0 Å². The highest BCUT2D eigenvalue weighted by Crippen LogP contribution is 2.51. The highest BCUT2D eigenvalue weighted by Gasteiger charge is 2.22. The number of hydrogen-bond acceptors (Lipinski definition) is 0. The van der Waals surface area contributed by atoms with Crippen molar-refractivity contribution in [2.75, 3.05) is 0 Å². The Morgan fingerprint density at radius 1 is 0.222 bits per heavy atom. The molecule has 0 bridgehead atoms. The Balaban J connectivity index is 1.61. The third-order valence-corrected chi connectivity index (χ3v) is 8.84. The SMILES string of the molecule is c1ccc2c(c1)ccc1cc3c(cc12)c1ccc2ccc4ccc5ccc6ccc3c3c6c5c4c2c13. The van der Waals surface area contributed by atoms with Gasteiger partial charge in [-0.15, -0.1) is 0 Å². The molecule has 0 fully saturated rings. The Hall–Kier alpha value is -4.68. The summed E-state index contributed by atoms with van der Waals surface area (Å²) in [5.41, 5.74) is 0. The van der Waals surface area contributed by atoms with Crippen molar-refractivity contribution < 1.29 is 0 Å². The summed E-state index contributed by atoms with van der Waals surface area (Å²) in [4.78, 5) is 0. The van der Waals surface area contributed by atoms with Gasteiger partial charge in [-0.2, -0.15) is 0 Å². The largest absolute Gasteiger partial charge is 0.0616 e. The minimum atomic E-state index is 1.30. The lowest BCUT2D eigenvalue weighted by Gasteiger charge is -2.22. The zero-order chi connectivity index (χ0) is 23.1. The number of fused-ring (bicyclic) bond motifs is 6. The van der Waals surface area contributed by atoms with Gasteiger partial charge in [0.05, 0.1) is 0 Å². The third kappa shape index (κ3) is 1.86. The summed E-state index contributed by atoms with van der Waals surface area (Å²) in [6.45, 7) is 0. The van der Waals surface area contributed by atoms with Crippen LogP contribution in [-0.4, -0.2) is 0 Å². The minimum absolute atomic E-state index is 1.30. The molecule has 0 nitrogen and oxygen atoms in total. The third-order valence-electron chi connectivity index (χ3n) is 8.84. The molecule has 0 aromatic heterocycles. The molecular weight excluding hydrogens is 432 g/mol. The van der Waals surface area contributed by atoms with Crippen LogP contribution in [0.4, 0.5) is 0 Å². The molecule has 0 atom stereocenters. The molecule has 36 heavy (non-hydrogen) atoms. The van der Waals surface area contributed by atoms with Gasteiger partial charge in [0.15, 0.2) is 0 Å². The molecule has 0 unspecified atom stereocenters.